The summed E-state index contributed by atoms with van der Waals surface area (Å²) in [5, 5.41) is 9.02. The first kappa shape index (κ1) is 22.1. The fourth-order valence-electron chi connectivity index (χ4n) is 4.01. The zero-order valence-corrected chi connectivity index (χ0v) is 19.2. The molecule has 1 aromatic heterocycles. The molecule has 0 N–H and O–H groups in total. The van der Waals surface area contributed by atoms with Crippen molar-refractivity contribution in [1.82, 2.24) is 15.0 Å². The highest BCUT2D eigenvalue weighted by Crippen LogP contribution is 2.38. The van der Waals surface area contributed by atoms with Gasteiger partial charge in [-0.1, -0.05) is 57.0 Å². The first-order valence-electron chi connectivity index (χ1n) is 11.4. The van der Waals surface area contributed by atoms with Crippen LogP contribution in [0.3, 0.4) is 0 Å². The molecule has 160 valence electrons. The Morgan fingerprint density at radius 3 is 2.30 bits per heavy atom. The highest BCUT2D eigenvalue weighted by molar-refractivity contribution is 5.82. The maximum atomic E-state index is 5.46. The number of aromatic nitrogens is 3. The highest BCUT2D eigenvalue weighted by Gasteiger charge is 2.23. The highest BCUT2D eigenvalue weighted by atomic mass is 16.5. The normalized spacial score (nSPS) is 11.9. The van der Waals surface area contributed by atoms with Crippen LogP contribution >= 0.6 is 0 Å². The monoisotopic (exact) mass is 405 g/mol. The van der Waals surface area contributed by atoms with Gasteiger partial charge >= 0.3 is 0 Å². The van der Waals surface area contributed by atoms with Gasteiger partial charge in [0.15, 0.2) is 0 Å². The lowest BCUT2D eigenvalue weighted by atomic mass is 9.88. The van der Waals surface area contributed by atoms with Crippen molar-refractivity contribution in [2.75, 3.05) is 7.11 Å². The predicted molar refractivity (Wildman–Crippen MR) is 125 cm³/mol. The summed E-state index contributed by atoms with van der Waals surface area (Å²) in [5.74, 6) is 0.899. The smallest absolute Gasteiger partial charge is 0.121 e. The molecule has 0 saturated heterocycles. The first-order chi connectivity index (χ1) is 14.7. The molecule has 4 heteroatoms. The Bertz CT molecular complexity index is 974. The van der Waals surface area contributed by atoms with E-state index in [0.29, 0.717) is 0 Å². The summed E-state index contributed by atoms with van der Waals surface area (Å²) in [6.07, 6.45) is 6.85. The largest absolute Gasteiger partial charge is 0.497 e. The van der Waals surface area contributed by atoms with Crippen LogP contribution in [0, 0.1) is 0 Å². The zero-order valence-electron chi connectivity index (χ0n) is 19.2. The number of ether oxygens (including phenoxy) is 1. The van der Waals surface area contributed by atoms with Crippen LogP contribution in [0.1, 0.15) is 63.6 Å². The van der Waals surface area contributed by atoms with Crippen LogP contribution in [0.4, 0.5) is 0 Å². The second kappa shape index (κ2) is 10.4. The number of aryl methyl sites for hydroxylation is 4. The number of unbranched alkanes of at least 4 members (excludes halogenated alkanes) is 1. The molecule has 4 nitrogen and oxygen atoms in total. The van der Waals surface area contributed by atoms with E-state index in [4.69, 9.17) is 4.74 Å². The lowest BCUT2D eigenvalue weighted by Crippen LogP contribution is -2.06. The molecule has 1 heterocycles. The number of hydrogen-bond acceptors (Lipinski definition) is 3. The molecule has 0 amide bonds. The summed E-state index contributed by atoms with van der Waals surface area (Å²) in [5.41, 5.74) is 8.68. The van der Waals surface area contributed by atoms with Crippen LogP contribution in [0.15, 0.2) is 36.4 Å². The molecule has 0 unspecified atom stereocenters. The van der Waals surface area contributed by atoms with Crippen LogP contribution in [-0.2, 0) is 25.8 Å². The van der Waals surface area contributed by atoms with Crippen molar-refractivity contribution in [2.45, 2.75) is 72.8 Å². The Balaban J connectivity index is 0.000000806. The van der Waals surface area contributed by atoms with Crippen molar-refractivity contribution in [3.05, 3.63) is 53.1 Å². The molecule has 1 aliphatic rings. The van der Waals surface area contributed by atoms with Gasteiger partial charge in [0.2, 0.25) is 0 Å². The molecular weight excluding hydrogens is 370 g/mol. The van der Waals surface area contributed by atoms with E-state index in [-0.39, 0.29) is 0 Å². The van der Waals surface area contributed by atoms with E-state index in [1.165, 1.54) is 47.1 Å². The van der Waals surface area contributed by atoms with Crippen LogP contribution in [0.5, 0.6) is 5.75 Å². The maximum absolute atomic E-state index is 5.46. The summed E-state index contributed by atoms with van der Waals surface area (Å²) in [7, 11) is 1.72. The maximum Gasteiger partial charge on any atom is 0.121 e. The Morgan fingerprint density at radius 1 is 0.933 bits per heavy atom. The fourth-order valence-corrected chi connectivity index (χ4v) is 4.01. The minimum absolute atomic E-state index is 0.810. The van der Waals surface area contributed by atoms with E-state index < -0.39 is 0 Å². The number of rotatable bonds is 5. The third-order valence-corrected chi connectivity index (χ3v) is 5.51. The van der Waals surface area contributed by atoms with Gasteiger partial charge in [0.1, 0.15) is 11.4 Å². The van der Waals surface area contributed by atoms with E-state index in [0.717, 1.165) is 42.9 Å². The number of methoxy groups -OCH3 is 1. The summed E-state index contributed by atoms with van der Waals surface area (Å²) < 4.78 is 7.49. The Morgan fingerprint density at radius 2 is 1.63 bits per heavy atom. The molecule has 3 aromatic rings. The quantitative estimate of drug-likeness (QED) is 0.486. The average molecular weight is 406 g/mol. The molecule has 0 atom stereocenters. The van der Waals surface area contributed by atoms with E-state index >= 15 is 0 Å². The first-order valence-corrected chi connectivity index (χ1v) is 11.4. The molecule has 0 saturated carbocycles. The lowest BCUT2D eigenvalue weighted by Gasteiger charge is -2.19. The van der Waals surface area contributed by atoms with Gasteiger partial charge in [-0.2, -0.15) is 0 Å². The summed E-state index contributed by atoms with van der Waals surface area (Å²) in [4.78, 5) is 0. The average Bonchev–Trinajstić information content (AvgIpc) is 3.18. The van der Waals surface area contributed by atoms with Crippen molar-refractivity contribution in [2.24, 2.45) is 0 Å². The number of benzene rings is 2. The third-order valence-electron chi connectivity index (χ3n) is 5.51. The van der Waals surface area contributed by atoms with E-state index in [9.17, 15) is 0 Å². The Hall–Kier alpha value is -2.62. The second-order valence-corrected chi connectivity index (χ2v) is 7.93. The molecule has 0 radical (unpaired) electrons. The Kier molecular flexibility index (Phi) is 7.67. The molecular formula is C26H35N3O. The Labute approximate surface area is 181 Å². The van der Waals surface area contributed by atoms with Gasteiger partial charge in [-0.3, -0.25) is 0 Å². The molecule has 30 heavy (non-hydrogen) atoms. The van der Waals surface area contributed by atoms with Gasteiger partial charge in [0, 0.05) is 17.7 Å². The minimum Gasteiger partial charge on any atom is -0.497 e. The number of nitrogens with zero attached hydrogens (tertiary/aromatic N) is 3. The van der Waals surface area contributed by atoms with E-state index in [1.807, 2.05) is 10.7 Å². The van der Waals surface area contributed by atoms with Gasteiger partial charge in [-0.05, 0) is 67.5 Å². The van der Waals surface area contributed by atoms with Gasteiger partial charge in [-0.25, -0.2) is 4.68 Å². The lowest BCUT2D eigenvalue weighted by molar-refractivity contribution is 0.414. The van der Waals surface area contributed by atoms with Gasteiger partial charge in [0.25, 0.3) is 0 Å². The molecule has 0 fully saturated rings. The minimum atomic E-state index is 0.810. The van der Waals surface area contributed by atoms with Crippen LogP contribution in [0.2, 0.25) is 0 Å². The van der Waals surface area contributed by atoms with Crippen molar-refractivity contribution >= 4 is 0 Å². The molecule has 0 aliphatic heterocycles. The van der Waals surface area contributed by atoms with Crippen LogP contribution in [0.25, 0.3) is 22.5 Å². The summed E-state index contributed by atoms with van der Waals surface area (Å²) >= 11 is 0. The van der Waals surface area contributed by atoms with E-state index in [1.54, 1.807) is 7.11 Å². The van der Waals surface area contributed by atoms with Crippen molar-refractivity contribution in [1.29, 1.82) is 0 Å². The zero-order chi connectivity index (χ0) is 21.5. The van der Waals surface area contributed by atoms with Gasteiger partial charge < -0.3 is 4.74 Å². The van der Waals surface area contributed by atoms with Crippen LogP contribution in [-0.4, -0.2) is 22.1 Å². The number of hydrogen-bond donors (Lipinski definition) is 0. The summed E-state index contributed by atoms with van der Waals surface area (Å²) in [6.45, 7) is 9.43. The van der Waals surface area contributed by atoms with E-state index in [2.05, 4.69) is 68.3 Å². The van der Waals surface area contributed by atoms with Crippen molar-refractivity contribution < 1.29 is 4.74 Å². The SMILES string of the molecule is CCC.CCCCc1ccc2c(c1)CCc1cc(OC)ccc1-c1nnn(CC)c1-2. The molecule has 0 spiro atoms. The topological polar surface area (TPSA) is 39.9 Å². The fraction of sp³-hybridized carbons (Fsp3) is 0.462. The third kappa shape index (κ3) is 4.58. The van der Waals surface area contributed by atoms with Gasteiger partial charge in [0.05, 0.1) is 12.8 Å². The van der Waals surface area contributed by atoms with Crippen molar-refractivity contribution in [3.8, 4) is 28.3 Å². The molecule has 0 bridgehead atoms. The number of fused-ring (bicyclic) bond motifs is 5. The van der Waals surface area contributed by atoms with Crippen molar-refractivity contribution in [3.63, 3.8) is 0 Å². The predicted octanol–water partition coefficient (Wildman–Crippen LogP) is 6.50. The second-order valence-electron chi connectivity index (χ2n) is 7.93. The summed E-state index contributed by atoms with van der Waals surface area (Å²) in [6, 6.07) is 13.3. The standard InChI is InChI=1S/C23H27N3O.C3H8/c1-4-6-7-16-8-12-21-17(14-16)9-10-18-15-19(27-3)11-13-20(18)22-23(21)26(5-2)25-24-22;1-3-2/h8,11-15H,4-7,9-10H2,1-3H3;3H2,1-2H3. The molecule has 2 aromatic carbocycles. The van der Waals surface area contributed by atoms with Gasteiger partial charge in [-0.15, -0.1) is 5.10 Å². The molecule has 1 aliphatic carbocycles. The van der Waals surface area contributed by atoms with Crippen LogP contribution < -0.4 is 4.74 Å². The molecule has 4 rings (SSSR count).